The smallest absolute Gasteiger partial charge is 0.308 e. The van der Waals surface area contributed by atoms with Crippen LogP contribution in [0.5, 0.6) is 0 Å². The Morgan fingerprint density at radius 2 is 1.82 bits per heavy atom. The second-order valence-electron chi connectivity index (χ2n) is 7.50. The molecule has 28 heavy (non-hydrogen) atoms. The van der Waals surface area contributed by atoms with Crippen molar-refractivity contribution in [2.24, 2.45) is 5.92 Å². The van der Waals surface area contributed by atoms with Crippen molar-refractivity contribution in [3.05, 3.63) is 71.3 Å². The van der Waals surface area contributed by atoms with Gasteiger partial charge in [0, 0.05) is 19.8 Å². The number of amides is 1. The molecule has 1 saturated heterocycles. The molecule has 1 heterocycles. The van der Waals surface area contributed by atoms with Gasteiger partial charge >= 0.3 is 5.97 Å². The highest BCUT2D eigenvalue weighted by Gasteiger charge is 2.41. The summed E-state index contributed by atoms with van der Waals surface area (Å²) < 4.78 is 5.48. The number of carbonyl (C=O) groups excluding carboxylic acids is 1. The molecule has 0 spiro atoms. The number of aryl methyl sites for hydroxylation is 1. The van der Waals surface area contributed by atoms with Crippen LogP contribution >= 0.6 is 0 Å². The van der Waals surface area contributed by atoms with Crippen molar-refractivity contribution in [2.45, 2.75) is 31.6 Å². The van der Waals surface area contributed by atoms with Crippen LogP contribution in [0.3, 0.4) is 0 Å². The Hall–Kier alpha value is -2.66. The quantitative estimate of drug-likeness (QED) is 0.773. The lowest BCUT2D eigenvalue weighted by Crippen LogP contribution is -2.49. The molecule has 5 nitrogen and oxygen atoms in total. The van der Waals surface area contributed by atoms with E-state index in [4.69, 9.17) is 4.74 Å². The maximum Gasteiger partial charge on any atom is 0.308 e. The first-order chi connectivity index (χ1) is 13.5. The van der Waals surface area contributed by atoms with Gasteiger partial charge in [0.05, 0.1) is 11.3 Å². The summed E-state index contributed by atoms with van der Waals surface area (Å²) in [4.78, 5) is 25.0. The molecule has 2 N–H and O–H groups in total. The van der Waals surface area contributed by atoms with E-state index in [1.807, 2.05) is 61.5 Å². The average Bonchev–Trinajstić information content (AvgIpc) is 2.72. The van der Waals surface area contributed by atoms with Crippen LogP contribution in [0, 0.1) is 12.8 Å². The van der Waals surface area contributed by atoms with Gasteiger partial charge in [-0.3, -0.25) is 9.59 Å². The Balaban J connectivity index is 1.72. The van der Waals surface area contributed by atoms with Gasteiger partial charge in [-0.2, -0.15) is 0 Å². The lowest BCUT2D eigenvalue weighted by molar-refractivity contribution is -0.142. The van der Waals surface area contributed by atoms with Crippen LogP contribution in [0.4, 0.5) is 0 Å². The Morgan fingerprint density at radius 1 is 1.11 bits per heavy atom. The molecule has 0 bridgehead atoms. The number of aliphatic carboxylic acids is 1. The fraction of sp³-hybridized carbons (Fsp3) is 0.391. The summed E-state index contributed by atoms with van der Waals surface area (Å²) >= 11 is 0. The number of rotatable bonds is 7. The number of ether oxygens (including phenoxy) is 1. The Morgan fingerprint density at radius 3 is 2.46 bits per heavy atom. The van der Waals surface area contributed by atoms with E-state index in [1.165, 1.54) is 0 Å². The Kier molecular flexibility index (Phi) is 6.47. The third-order valence-electron chi connectivity index (χ3n) is 5.53. The zero-order valence-electron chi connectivity index (χ0n) is 16.2. The van der Waals surface area contributed by atoms with Crippen molar-refractivity contribution < 1.29 is 19.4 Å². The minimum Gasteiger partial charge on any atom is -0.481 e. The highest BCUT2D eigenvalue weighted by molar-refractivity contribution is 5.88. The molecule has 0 saturated carbocycles. The predicted octanol–water partition coefficient (Wildman–Crippen LogP) is 3.10. The fourth-order valence-electron chi connectivity index (χ4n) is 3.88. The van der Waals surface area contributed by atoms with Crippen molar-refractivity contribution in [1.29, 1.82) is 0 Å². The van der Waals surface area contributed by atoms with Crippen LogP contribution in [-0.2, 0) is 26.2 Å². The zero-order chi connectivity index (χ0) is 20.0. The summed E-state index contributed by atoms with van der Waals surface area (Å²) in [5.41, 5.74) is 2.36. The molecule has 148 valence electrons. The van der Waals surface area contributed by atoms with Crippen LogP contribution in [0.15, 0.2) is 54.6 Å². The first kappa shape index (κ1) is 20.1. The molecule has 0 radical (unpaired) electrons. The van der Waals surface area contributed by atoms with Crippen LogP contribution in [0.25, 0.3) is 0 Å². The van der Waals surface area contributed by atoms with Gasteiger partial charge in [0.15, 0.2) is 0 Å². The van der Waals surface area contributed by atoms with E-state index in [-0.39, 0.29) is 12.5 Å². The Bertz CT molecular complexity index is 812. The summed E-state index contributed by atoms with van der Waals surface area (Å²) in [6.45, 7) is 3.13. The van der Waals surface area contributed by atoms with Crippen molar-refractivity contribution >= 4 is 11.9 Å². The minimum atomic E-state index is -0.900. The third-order valence-corrected chi connectivity index (χ3v) is 5.53. The molecule has 1 aliphatic rings. The first-order valence-electron chi connectivity index (χ1n) is 9.71. The van der Waals surface area contributed by atoms with Crippen molar-refractivity contribution in [3.63, 3.8) is 0 Å². The first-order valence-corrected chi connectivity index (χ1v) is 9.71. The van der Waals surface area contributed by atoms with Gasteiger partial charge in [-0.25, -0.2) is 0 Å². The maximum atomic E-state index is 13.2. The van der Waals surface area contributed by atoms with Gasteiger partial charge in [-0.1, -0.05) is 60.2 Å². The molecule has 1 amide bonds. The van der Waals surface area contributed by atoms with E-state index in [2.05, 4.69) is 5.32 Å². The largest absolute Gasteiger partial charge is 0.481 e. The Labute approximate surface area is 165 Å². The molecular weight excluding hydrogens is 354 g/mol. The predicted molar refractivity (Wildman–Crippen MR) is 107 cm³/mol. The summed E-state index contributed by atoms with van der Waals surface area (Å²) in [6, 6.07) is 17.5. The normalized spacial score (nSPS) is 16.9. The molecule has 3 rings (SSSR count). The molecule has 0 aromatic heterocycles. The topological polar surface area (TPSA) is 75.6 Å². The molecule has 1 aliphatic heterocycles. The van der Waals surface area contributed by atoms with Gasteiger partial charge in [0.2, 0.25) is 5.91 Å². The van der Waals surface area contributed by atoms with Crippen LogP contribution < -0.4 is 5.32 Å². The van der Waals surface area contributed by atoms with Gasteiger partial charge < -0.3 is 15.2 Å². The molecule has 0 aliphatic carbocycles. The van der Waals surface area contributed by atoms with E-state index in [1.54, 1.807) is 0 Å². The highest BCUT2D eigenvalue weighted by Crippen LogP contribution is 2.35. The van der Waals surface area contributed by atoms with Crippen molar-refractivity contribution in [1.82, 2.24) is 5.32 Å². The van der Waals surface area contributed by atoms with Gasteiger partial charge in [0.25, 0.3) is 0 Å². The average molecular weight is 381 g/mol. The maximum absolute atomic E-state index is 13.2. The van der Waals surface area contributed by atoms with E-state index < -0.39 is 17.3 Å². The number of benzene rings is 2. The number of hydrogen-bond donors (Lipinski definition) is 2. The molecule has 2 aromatic carbocycles. The molecule has 1 atom stereocenters. The highest BCUT2D eigenvalue weighted by atomic mass is 16.5. The van der Waals surface area contributed by atoms with E-state index in [0.717, 1.165) is 16.7 Å². The number of hydrogen-bond acceptors (Lipinski definition) is 3. The van der Waals surface area contributed by atoms with Crippen molar-refractivity contribution in [3.8, 4) is 0 Å². The third kappa shape index (κ3) is 4.60. The molecule has 5 heteroatoms. The van der Waals surface area contributed by atoms with Gasteiger partial charge in [0.1, 0.15) is 0 Å². The summed E-state index contributed by atoms with van der Waals surface area (Å²) in [7, 11) is 0. The molecule has 1 fully saturated rings. The second kappa shape index (κ2) is 9.02. The zero-order valence-corrected chi connectivity index (χ0v) is 16.2. The van der Waals surface area contributed by atoms with Crippen LogP contribution in [0.1, 0.15) is 29.5 Å². The standard InChI is InChI=1S/C23H27NO4/c1-17-6-5-7-18(14-17)15-19(21(25)26)16-24-22(27)23(10-12-28-13-11-23)20-8-3-2-4-9-20/h2-9,14,19H,10-13,15-16H2,1H3,(H,24,27)(H,25,26). The second-order valence-corrected chi connectivity index (χ2v) is 7.50. The van der Waals surface area contributed by atoms with Crippen LogP contribution in [0.2, 0.25) is 0 Å². The number of carboxylic acids is 1. The SMILES string of the molecule is Cc1cccc(CC(CNC(=O)C2(c3ccccc3)CCOCC2)C(=O)O)c1. The molecule has 2 aromatic rings. The van der Waals surface area contributed by atoms with E-state index in [0.29, 0.717) is 32.5 Å². The van der Waals surface area contributed by atoms with Crippen molar-refractivity contribution in [2.75, 3.05) is 19.8 Å². The lowest BCUT2D eigenvalue weighted by atomic mass is 9.73. The lowest BCUT2D eigenvalue weighted by Gasteiger charge is -2.36. The number of nitrogens with one attached hydrogen (secondary N) is 1. The van der Waals surface area contributed by atoms with E-state index >= 15 is 0 Å². The number of carboxylic acid groups (broad SMARTS) is 1. The fourth-order valence-corrected chi connectivity index (χ4v) is 3.88. The van der Waals surface area contributed by atoms with E-state index in [9.17, 15) is 14.7 Å². The summed E-state index contributed by atoms with van der Waals surface area (Å²) in [5.74, 6) is -1.68. The molecular formula is C23H27NO4. The van der Waals surface area contributed by atoms with Crippen LogP contribution in [-0.4, -0.2) is 36.7 Å². The molecule has 1 unspecified atom stereocenters. The monoisotopic (exact) mass is 381 g/mol. The van der Waals surface area contributed by atoms with Gasteiger partial charge in [-0.05, 0) is 37.3 Å². The minimum absolute atomic E-state index is 0.109. The summed E-state index contributed by atoms with van der Waals surface area (Å²) in [6.07, 6.45) is 1.58. The number of carbonyl (C=O) groups is 2. The summed E-state index contributed by atoms with van der Waals surface area (Å²) in [5, 5.41) is 12.6. The van der Waals surface area contributed by atoms with Gasteiger partial charge in [-0.15, -0.1) is 0 Å².